The highest BCUT2D eigenvalue weighted by Crippen LogP contribution is 2.75. The van der Waals surface area contributed by atoms with Crippen LogP contribution in [0.3, 0.4) is 0 Å². The van der Waals surface area contributed by atoms with Crippen molar-refractivity contribution in [3.05, 3.63) is 11.1 Å². The van der Waals surface area contributed by atoms with Crippen LogP contribution in [0.15, 0.2) is 11.1 Å². The van der Waals surface area contributed by atoms with Crippen molar-refractivity contribution >= 4 is 11.9 Å². The molecule has 0 aromatic rings. The van der Waals surface area contributed by atoms with E-state index in [0.717, 1.165) is 68.9 Å². The fourth-order valence-electron chi connectivity index (χ4n) is 10.9. The maximum atomic E-state index is 13.6. The van der Waals surface area contributed by atoms with Crippen LogP contribution >= 0.6 is 0 Å². The molecule has 0 saturated heterocycles. The minimum atomic E-state index is -0.926. The second-order valence-corrected chi connectivity index (χ2v) is 15.1. The van der Waals surface area contributed by atoms with Gasteiger partial charge in [0, 0.05) is 0 Å². The molecule has 0 heterocycles. The van der Waals surface area contributed by atoms with Gasteiger partial charge < -0.3 is 14.9 Å². The predicted octanol–water partition coefficient (Wildman–Crippen LogP) is 6.53. The third-order valence-electron chi connectivity index (χ3n) is 12.9. The van der Waals surface area contributed by atoms with Crippen molar-refractivity contribution in [2.24, 2.45) is 44.3 Å². The Labute approximate surface area is 217 Å². The van der Waals surface area contributed by atoms with Gasteiger partial charge in [-0.25, -0.2) is 0 Å². The van der Waals surface area contributed by atoms with E-state index in [1.807, 2.05) is 0 Å². The molecule has 0 spiro atoms. The summed E-state index contributed by atoms with van der Waals surface area (Å²) in [6.07, 6.45) is 8.62. The van der Waals surface area contributed by atoms with Crippen LogP contribution in [0.1, 0.15) is 112 Å². The van der Waals surface area contributed by atoms with Crippen LogP contribution in [0.2, 0.25) is 0 Å². The highest BCUT2D eigenvalue weighted by molar-refractivity contribution is 5.86. The number of carbonyl (C=O) groups is 2. The van der Waals surface area contributed by atoms with Crippen LogP contribution < -0.4 is 0 Å². The van der Waals surface area contributed by atoms with E-state index in [9.17, 15) is 19.8 Å². The SMILES string of the molecule is COC(=O)[C@]12CCC(C)(C)CC1=C1CC[C@@H]3[C@@]4(C)CC[C@H](O)C(C)(C)[C@@H]4CC[C@@]3(C)[C@]1(C(=O)O)CC2. The van der Waals surface area contributed by atoms with Crippen molar-refractivity contribution < 1.29 is 24.5 Å². The van der Waals surface area contributed by atoms with Gasteiger partial charge in [0.2, 0.25) is 0 Å². The number of aliphatic hydroxyl groups is 1. The number of rotatable bonds is 2. The highest BCUT2D eigenvalue weighted by Gasteiger charge is 2.72. The third kappa shape index (κ3) is 3.04. The van der Waals surface area contributed by atoms with Crippen molar-refractivity contribution in [1.29, 1.82) is 0 Å². The Bertz CT molecular complexity index is 1010. The Morgan fingerprint density at radius 2 is 1.50 bits per heavy atom. The van der Waals surface area contributed by atoms with E-state index in [1.165, 1.54) is 7.11 Å². The summed E-state index contributed by atoms with van der Waals surface area (Å²) in [5.74, 6) is -0.168. The van der Waals surface area contributed by atoms with E-state index in [2.05, 4.69) is 41.5 Å². The van der Waals surface area contributed by atoms with Crippen molar-refractivity contribution in [1.82, 2.24) is 0 Å². The van der Waals surface area contributed by atoms with Gasteiger partial charge in [-0.05, 0) is 104 Å². The van der Waals surface area contributed by atoms with Crippen LogP contribution in [-0.2, 0) is 14.3 Å². The van der Waals surface area contributed by atoms with Gasteiger partial charge >= 0.3 is 11.9 Å². The number of hydrogen-bond acceptors (Lipinski definition) is 4. The zero-order valence-electron chi connectivity index (χ0n) is 23.6. The van der Waals surface area contributed by atoms with Gasteiger partial charge in [0.1, 0.15) is 0 Å². The van der Waals surface area contributed by atoms with Gasteiger partial charge in [0.25, 0.3) is 0 Å². The molecule has 202 valence electrons. The topological polar surface area (TPSA) is 83.8 Å². The molecule has 7 atom stereocenters. The number of carbonyl (C=O) groups excluding carboxylic acids is 1. The average Bonchev–Trinajstić information content (AvgIpc) is 2.80. The maximum absolute atomic E-state index is 13.6. The Kier molecular flexibility index (Phi) is 5.71. The smallest absolute Gasteiger partial charge is 0.315 e. The molecule has 0 aromatic carbocycles. The lowest BCUT2D eigenvalue weighted by Crippen LogP contribution is -2.66. The molecule has 2 N–H and O–H groups in total. The minimum absolute atomic E-state index is 0.0110. The van der Waals surface area contributed by atoms with Crippen LogP contribution in [-0.4, -0.2) is 35.4 Å². The number of hydrogen-bond donors (Lipinski definition) is 2. The van der Waals surface area contributed by atoms with E-state index in [4.69, 9.17) is 4.74 Å². The van der Waals surface area contributed by atoms with Crippen LogP contribution in [0, 0.1) is 44.3 Å². The van der Waals surface area contributed by atoms with Gasteiger partial charge in [-0.15, -0.1) is 0 Å². The first-order valence-electron chi connectivity index (χ1n) is 14.4. The van der Waals surface area contributed by atoms with Gasteiger partial charge in [-0.3, -0.25) is 9.59 Å². The van der Waals surface area contributed by atoms with Gasteiger partial charge in [0.05, 0.1) is 24.0 Å². The average molecular weight is 501 g/mol. The first kappa shape index (κ1) is 26.3. The number of methoxy groups -OCH3 is 1. The highest BCUT2D eigenvalue weighted by atomic mass is 16.5. The summed E-state index contributed by atoms with van der Waals surface area (Å²) in [5.41, 5.74) is 0.144. The quantitative estimate of drug-likeness (QED) is 0.333. The number of aliphatic carboxylic acids is 1. The number of ether oxygens (including phenoxy) is 1. The molecule has 4 saturated carbocycles. The normalized spacial score (nSPS) is 47.1. The second kappa shape index (κ2) is 7.83. The fourth-order valence-corrected chi connectivity index (χ4v) is 10.9. The molecular formula is C31H48O5. The number of aliphatic hydroxyl groups excluding tert-OH is 1. The molecule has 0 radical (unpaired) electrons. The zero-order chi connectivity index (χ0) is 26.5. The molecular weight excluding hydrogens is 452 g/mol. The summed E-state index contributed by atoms with van der Waals surface area (Å²) >= 11 is 0. The van der Waals surface area contributed by atoms with Crippen molar-refractivity contribution in [3.63, 3.8) is 0 Å². The predicted molar refractivity (Wildman–Crippen MR) is 139 cm³/mol. The summed E-state index contributed by atoms with van der Waals surface area (Å²) in [4.78, 5) is 27.0. The van der Waals surface area contributed by atoms with Crippen molar-refractivity contribution in [3.8, 4) is 0 Å². The summed E-state index contributed by atoms with van der Waals surface area (Å²) in [5, 5.41) is 22.1. The first-order valence-corrected chi connectivity index (χ1v) is 14.4. The molecule has 0 amide bonds. The van der Waals surface area contributed by atoms with E-state index in [1.54, 1.807) is 0 Å². The first-order chi connectivity index (χ1) is 16.6. The van der Waals surface area contributed by atoms with Gasteiger partial charge in [-0.1, -0.05) is 52.7 Å². The lowest BCUT2D eigenvalue weighted by atomic mass is 9.33. The summed E-state index contributed by atoms with van der Waals surface area (Å²) in [6, 6.07) is 0. The Hall–Kier alpha value is -1.36. The van der Waals surface area contributed by atoms with Crippen LogP contribution in [0.5, 0.6) is 0 Å². The molecule has 5 aliphatic carbocycles. The molecule has 0 unspecified atom stereocenters. The molecule has 0 aromatic heterocycles. The third-order valence-corrected chi connectivity index (χ3v) is 12.9. The Morgan fingerprint density at radius 1 is 0.833 bits per heavy atom. The molecule has 5 rings (SSSR count). The van der Waals surface area contributed by atoms with Crippen LogP contribution in [0.4, 0.5) is 0 Å². The van der Waals surface area contributed by atoms with E-state index in [0.29, 0.717) is 24.7 Å². The number of carboxylic acids is 1. The fraction of sp³-hybridized carbons (Fsp3) is 0.871. The minimum Gasteiger partial charge on any atom is -0.481 e. The van der Waals surface area contributed by atoms with Gasteiger partial charge in [-0.2, -0.15) is 0 Å². The van der Waals surface area contributed by atoms with E-state index in [-0.39, 0.29) is 33.7 Å². The molecule has 4 fully saturated rings. The van der Waals surface area contributed by atoms with Crippen molar-refractivity contribution in [2.75, 3.05) is 7.11 Å². The monoisotopic (exact) mass is 500 g/mol. The molecule has 36 heavy (non-hydrogen) atoms. The molecule has 0 bridgehead atoms. The summed E-state index contributed by atoms with van der Waals surface area (Å²) in [7, 11) is 1.48. The summed E-state index contributed by atoms with van der Waals surface area (Å²) < 4.78 is 5.40. The Morgan fingerprint density at radius 3 is 2.14 bits per heavy atom. The molecule has 0 aliphatic heterocycles. The lowest BCUT2D eigenvalue weighted by Gasteiger charge is -2.70. The summed E-state index contributed by atoms with van der Waals surface area (Å²) in [6.45, 7) is 13.7. The number of carboxylic acid groups (broad SMARTS) is 1. The standard InChI is InChI=1S/C31H48O5/c1-26(2)14-15-30(25(35)36-7)16-17-31(24(33)34)19(20(30)18-26)8-9-22-28(5)12-11-23(32)27(3,4)21(28)10-13-29(22,31)6/h21-23,32H,8-18H2,1-7H3,(H,33,34)/t21-,22+,23-,28-,29+,30-,31+/m0/s1. The number of esters is 1. The Balaban J connectivity index is 1.69. The number of fused-ring (bicyclic) bond motifs is 6. The molecule has 5 aliphatic rings. The van der Waals surface area contributed by atoms with Crippen LogP contribution in [0.25, 0.3) is 0 Å². The van der Waals surface area contributed by atoms with E-state index >= 15 is 0 Å². The lowest BCUT2D eigenvalue weighted by molar-refractivity contribution is -0.215. The van der Waals surface area contributed by atoms with E-state index < -0.39 is 16.8 Å². The maximum Gasteiger partial charge on any atom is 0.315 e. The molecule has 5 nitrogen and oxygen atoms in total. The van der Waals surface area contributed by atoms with Gasteiger partial charge in [0.15, 0.2) is 0 Å². The largest absolute Gasteiger partial charge is 0.481 e. The second-order valence-electron chi connectivity index (χ2n) is 15.1. The zero-order valence-corrected chi connectivity index (χ0v) is 23.6. The molecule has 5 heteroatoms. The van der Waals surface area contributed by atoms with Crippen molar-refractivity contribution in [2.45, 2.75) is 118 Å².